The molecule has 12 nitrogen and oxygen atoms in total. The predicted octanol–water partition coefficient (Wildman–Crippen LogP) is 4.07. The Hall–Kier alpha value is -3.96. The van der Waals surface area contributed by atoms with E-state index in [9.17, 15) is 21.6 Å². The number of piperidine rings is 1. The van der Waals surface area contributed by atoms with Crippen LogP contribution in [0, 0.1) is 13.8 Å². The number of carboxylic acids is 1. The van der Waals surface area contributed by atoms with E-state index in [2.05, 4.69) is 30.0 Å². The van der Waals surface area contributed by atoms with Gasteiger partial charge in [-0.15, -0.1) is 11.3 Å². The van der Waals surface area contributed by atoms with Crippen molar-refractivity contribution in [3.8, 4) is 17.1 Å². The molecular weight excluding hydrogens is 599 g/mol. The highest BCUT2D eigenvalue weighted by Gasteiger charge is 2.38. The van der Waals surface area contributed by atoms with Crippen LogP contribution in [-0.4, -0.2) is 70.8 Å². The number of aliphatic carboxylic acids is 1. The Kier molecular flexibility index (Phi) is 9.22. The summed E-state index contributed by atoms with van der Waals surface area (Å²) < 4.78 is 66.0. The summed E-state index contributed by atoms with van der Waals surface area (Å²) in [5.74, 6) is -2.28. The van der Waals surface area contributed by atoms with E-state index in [-0.39, 0.29) is 15.8 Å². The van der Waals surface area contributed by atoms with Gasteiger partial charge in [-0.3, -0.25) is 4.72 Å². The Morgan fingerprint density at radius 2 is 1.83 bits per heavy atom. The smallest absolute Gasteiger partial charge is 0.480 e. The second-order valence-electron chi connectivity index (χ2n) is 9.14. The number of methoxy groups -OCH3 is 1. The summed E-state index contributed by atoms with van der Waals surface area (Å²) in [5, 5.41) is 11.2. The number of hydrogen-bond acceptors (Lipinski definition) is 11. The second-order valence-corrected chi connectivity index (χ2v) is 12.2. The molecule has 0 aliphatic carbocycles. The van der Waals surface area contributed by atoms with Gasteiger partial charge in [-0.1, -0.05) is 0 Å². The van der Waals surface area contributed by atoms with Crippen molar-refractivity contribution in [2.75, 3.05) is 24.9 Å². The quantitative estimate of drug-likeness (QED) is 0.282. The average Bonchev–Trinajstić information content (AvgIpc) is 3.31. The van der Waals surface area contributed by atoms with Crippen molar-refractivity contribution in [1.29, 1.82) is 0 Å². The highest BCUT2D eigenvalue weighted by molar-refractivity contribution is 7.94. The molecule has 0 atom stereocenters. The fourth-order valence-electron chi connectivity index (χ4n) is 4.29. The van der Waals surface area contributed by atoms with Gasteiger partial charge in [0.25, 0.3) is 10.0 Å². The second kappa shape index (κ2) is 12.5. The summed E-state index contributed by atoms with van der Waals surface area (Å²) in [4.78, 5) is 31.3. The Morgan fingerprint density at radius 1 is 1.14 bits per heavy atom. The van der Waals surface area contributed by atoms with Crippen molar-refractivity contribution in [3.05, 3.63) is 47.1 Å². The first-order chi connectivity index (χ1) is 19.8. The Morgan fingerprint density at radius 3 is 2.43 bits per heavy atom. The van der Waals surface area contributed by atoms with Gasteiger partial charge in [0.05, 0.1) is 34.7 Å². The molecule has 1 aliphatic rings. The monoisotopic (exact) mass is 625 g/mol. The standard InChI is InChI=1S/C23H25N7O3S2.C2HF3O2/c1-13-23(34-14(2)28-13)35(31,32)30-19-10-16(11-25-22(19)33-3)17-4-5-18-21(29-17)20(27-12-26-18)15-6-8-24-9-7-15;3-2(4,5)1(6)7/h4-5,10-12,15,24,30H,6-9H2,1-3H3;(H,6,7). The first kappa shape index (κ1) is 31.0. The molecule has 1 aliphatic heterocycles. The third kappa shape index (κ3) is 7.08. The summed E-state index contributed by atoms with van der Waals surface area (Å²) in [6.45, 7) is 5.33. The van der Waals surface area contributed by atoms with E-state index in [1.54, 1.807) is 32.4 Å². The molecule has 0 aromatic carbocycles. The lowest BCUT2D eigenvalue weighted by Crippen LogP contribution is -2.27. The van der Waals surface area contributed by atoms with E-state index in [1.807, 2.05) is 12.1 Å². The number of anilines is 1. The molecule has 0 unspecified atom stereocenters. The Bertz CT molecular complexity index is 1710. The fraction of sp³-hybridized carbons (Fsp3) is 0.360. The van der Waals surface area contributed by atoms with Gasteiger partial charge in [-0.2, -0.15) is 13.2 Å². The van der Waals surface area contributed by atoms with Crippen LogP contribution in [-0.2, 0) is 14.8 Å². The zero-order chi connectivity index (χ0) is 30.7. The third-order valence-electron chi connectivity index (χ3n) is 6.17. The zero-order valence-corrected chi connectivity index (χ0v) is 24.2. The minimum Gasteiger partial charge on any atom is -0.480 e. The normalized spacial score (nSPS) is 14.2. The van der Waals surface area contributed by atoms with Crippen molar-refractivity contribution in [1.82, 2.24) is 30.2 Å². The number of ether oxygens (including phenoxy) is 1. The van der Waals surface area contributed by atoms with E-state index in [0.717, 1.165) is 54.0 Å². The summed E-state index contributed by atoms with van der Waals surface area (Å²) in [5.41, 5.74) is 4.42. The van der Waals surface area contributed by atoms with Crippen molar-refractivity contribution in [2.24, 2.45) is 0 Å². The van der Waals surface area contributed by atoms with Crippen molar-refractivity contribution in [2.45, 2.75) is 43.0 Å². The van der Waals surface area contributed by atoms with Crippen LogP contribution in [0.15, 0.2) is 34.9 Å². The average molecular weight is 626 g/mol. The number of fused-ring (bicyclic) bond motifs is 1. The van der Waals surface area contributed by atoms with Crippen LogP contribution < -0.4 is 14.8 Å². The van der Waals surface area contributed by atoms with Gasteiger partial charge in [-0.05, 0) is 58.0 Å². The lowest BCUT2D eigenvalue weighted by Gasteiger charge is -2.22. The third-order valence-corrected chi connectivity index (χ3v) is 9.22. The molecule has 1 saturated heterocycles. The van der Waals surface area contributed by atoms with Crippen molar-refractivity contribution >= 4 is 44.1 Å². The van der Waals surface area contributed by atoms with E-state index in [1.165, 1.54) is 7.11 Å². The molecule has 5 rings (SSSR count). The molecule has 4 aromatic rings. The summed E-state index contributed by atoms with van der Waals surface area (Å²) in [6, 6.07) is 5.43. The number of pyridine rings is 2. The lowest BCUT2D eigenvalue weighted by molar-refractivity contribution is -0.192. The molecule has 0 spiro atoms. The number of nitrogens with zero attached hydrogens (tertiary/aromatic N) is 5. The van der Waals surface area contributed by atoms with E-state index in [4.69, 9.17) is 19.6 Å². The highest BCUT2D eigenvalue weighted by atomic mass is 32.2. The maximum absolute atomic E-state index is 13.1. The zero-order valence-electron chi connectivity index (χ0n) is 22.6. The molecule has 4 aromatic heterocycles. The van der Waals surface area contributed by atoms with Gasteiger partial charge in [-0.25, -0.2) is 38.1 Å². The van der Waals surface area contributed by atoms with Gasteiger partial charge in [0.2, 0.25) is 5.88 Å². The Labute approximate surface area is 242 Å². The number of halogens is 3. The number of sulfonamides is 1. The SMILES string of the molecule is COc1ncc(-c2ccc3ncnc(C4CCNCC4)c3n2)cc1NS(=O)(=O)c1sc(C)nc1C.O=C(O)C(F)(F)F. The van der Waals surface area contributed by atoms with E-state index < -0.39 is 22.2 Å². The molecule has 5 heterocycles. The van der Waals surface area contributed by atoms with Gasteiger partial charge >= 0.3 is 12.1 Å². The van der Waals surface area contributed by atoms with Crippen LogP contribution in [0.3, 0.4) is 0 Å². The van der Waals surface area contributed by atoms with Gasteiger partial charge < -0.3 is 15.2 Å². The first-order valence-electron chi connectivity index (χ1n) is 12.4. The molecule has 17 heteroatoms. The van der Waals surface area contributed by atoms with Gasteiger partial charge in [0, 0.05) is 17.7 Å². The minimum absolute atomic E-state index is 0.162. The van der Waals surface area contributed by atoms with E-state index in [0.29, 0.717) is 27.9 Å². The molecule has 3 N–H and O–H groups in total. The number of carbonyl (C=O) groups is 1. The number of thiazole rings is 1. The van der Waals surface area contributed by atoms with Crippen LogP contribution in [0.25, 0.3) is 22.3 Å². The Balaban J connectivity index is 0.000000517. The maximum atomic E-state index is 13.1. The number of rotatable bonds is 6. The van der Waals surface area contributed by atoms with Crippen LogP contribution in [0.4, 0.5) is 18.9 Å². The molecule has 224 valence electrons. The largest absolute Gasteiger partial charge is 0.490 e. The summed E-state index contributed by atoms with van der Waals surface area (Å²) >= 11 is 1.12. The number of aryl methyl sites for hydroxylation is 2. The maximum Gasteiger partial charge on any atom is 0.490 e. The van der Waals surface area contributed by atoms with Crippen LogP contribution in [0.2, 0.25) is 0 Å². The molecular formula is C25H26F3N7O5S2. The first-order valence-corrected chi connectivity index (χ1v) is 14.7. The van der Waals surface area contributed by atoms with Gasteiger partial charge in [0.15, 0.2) is 4.21 Å². The summed E-state index contributed by atoms with van der Waals surface area (Å²) in [7, 11) is -2.43. The number of hydrogen-bond donors (Lipinski definition) is 3. The highest BCUT2D eigenvalue weighted by Crippen LogP contribution is 2.33. The molecule has 42 heavy (non-hydrogen) atoms. The molecule has 0 saturated carbocycles. The number of alkyl halides is 3. The molecule has 0 radical (unpaired) electrons. The summed E-state index contributed by atoms with van der Waals surface area (Å²) in [6.07, 6.45) is 0.0991. The molecule has 0 amide bonds. The molecule has 0 bridgehead atoms. The van der Waals surface area contributed by atoms with E-state index >= 15 is 0 Å². The fourth-order valence-corrected chi connectivity index (χ4v) is 6.83. The van der Waals surface area contributed by atoms with Crippen LogP contribution >= 0.6 is 11.3 Å². The van der Waals surface area contributed by atoms with Crippen LogP contribution in [0.1, 0.15) is 35.2 Å². The van der Waals surface area contributed by atoms with Gasteiger partial charge in [0.1, 0.15) is 17.5 Å². The van der Waals surface area contributed by atoms with Crippen molar-refractivity contribution < 1.29 is 36.2 Å². The predicted molar refractivity (Wildman–Crippen MR) is 148 cm³/mol. The van der Waals surface area contributed by atoms with Crippen molar-refractivity contribution in [3.63, 3.8) is 0 Å². The number of nitrogens with one attached hydrogen (secondary N) is 2. The van der Waals surface area contributed by atoms with Crippen LogP contribution in [0.5, 0.6) is 5.88 Å². The lowest BCUT2D eigenvalue weighted by atomic mass is 9.93. The molecule has 1 fully saturated rings. The number of aromatic nitrogens is 5. The minimum atomic E-state index is -5.08. The topological polar surface area (TPSA) is 169 Å². The number of carboxylic acid groups (broad SMARTS) is 1.